The Morgan fingerprint density at radius 2 is 1.67 bits per heavy atom. The van der Waals surface area contributed by atoms with Gasteiger partial charge in [-0.15, -0.1) is 0 Å². The van der Waals surface area contributed by atoms with E-state index in [1.54, 1.807) is 17.0 Å². The molecule has 0 fully saturated rings. The molecule has 0 spiro atoms. The predicted molar refractivity (Wildman–Crippen MR) is 107 cm³/mol. The summed E-state index contributed by atoms with van der Waals surface area (Å²) >= 11 is 0. The Hall–Kier alpha value is -3.40. The standard InChI is InChI=1S/C23H20N2O2/c1-16-8-7-12-19(14-16)24-22(26)21-15-18-11-5-6-13-20(18)25(21)23(27)17-9-3-2-4-10-17/h2-14,21H,15H2,1H3,(H,24,26)/t21-/m0/s1. The third kappa shape index (κ3) is 3.34. The molecule has 4 nitrogen and oxygen atoms in total. The minimum Gasteiger partial charge on any atom is -0.324 e. The third-order valence-electron chi connectivity index (χ3n) is 4.80. The summed E-state index contributed by atoms with van der Waals surface area (Å²) in [6, 6.07) is 23.9. The zero-order valence-electron chi connectivity index (χ0n) is 15.1. The molecule has 4 heteroatoms. The Labute approximate surface area is 158 Å². The van der Waals surface area contributed by atoms with Gasteiger partial charge in [0, 0.05) is 23.4 Å². The summed E-state index contributed by atoms with van der Waals surface area (Å²) < 4.78 is 0. The second-order valence-electron chi connectivity index (χ2n) is 6.75. The van der Waals surface area contributed by atoms with Gasteiger partial charge < -0.3 is 5.32 Å². The van der Waals surface area contributed by atoms with E-state index >= 15 is 0 Å². The van der Waals surface area contributed by atoms with Crippen LogP contribution < -0.4 is 10.2 Å². The lowest BCUT2D eigenvalue weighted by molar-refractivity contribution is -0.117. The monoisotopic (exact) mass is 356 g/mol. The van der Waals surface area contributed by atoms with Crippen LogP contribution in [0, 0.1) is 6.92 Å². The molecule has 1 aliphatic rings. The molecule has 0 saturated carbocycles. The van der Waals surface area contributed by atoms with Crippen molar-refractivity contribution in [3.8, 4) is 0 Å². The summed E-state index contributed by atoms with van der Waals surface area (Å²) in [6.07, 6.45) is 0.506. The first kappa shape index (κ1) is 17.0. The number of rotatable bonds is 3. The van der Waals surface area contributed by atoms with E-state index in [9.17, 15) is 9.59 Å². The maximum absolute atomic E-state index is 13.2. The average Bonchev–Trinajstić information content (AvgIpc) is 3.08. The lowest BCUT2D eigenvalue weighted by Crippen LogP contribution is -2.45. The number of para-hydroxylation sites is 1. The zero-order valence-corrected chi connectivity index (χ0v) is 15.1. The number of benzene rings is 3. The van der Waals surface area contributed by atoms with Gasteiger partial charge in [0.1, 0.15) is 6.04 Å². The summed E-state index contributed by atoms with van der Waals surface area (Å²) in [4.78, 5) is 27.8. The van der Waals surface area contributed by atoms with E-state index in [0.717, 1.165) is 22.5 Å². The van der Waals surface area contributed by atoms with E-state index in [1.165, 1.54) is 0 Å². The van der Waals surface area contributed by atoms with Crippen molar-refractivity contribution in [3.05, 3.63) is 95.6 Å². The average molecular weight is 356 g/mol. The number of anilines is 2. The molecule has 0 unspecified atom stereocenters. The predicted octanol–water partition coefficient (Wildman–Crippen LogP) is 4.21. The third-order valence-corrected chi connectivity index (χ3v) is 4.80. The summed E-state index contributed by atoms with van der Waals surface area (Å²) in [5, 5.41) is 2.96. The molecule has 3 aromatic carbocycles. The van der Waals surface area contributed by atoms with Crippen molar-refractivity contribution < 1.29 is 9.59 Å². The number of nitrogens with zero attached hydrogens (tertiary/aromatic N) is 1. The number of carbonyl (C=O) groups is 2. The molecule has 134 valence electrons. The molecular formula is C23H20N2O2. The van der Waals surface area contributed by atoms with Crippen LogP contribution in [0.4, 0.5) is 11.4 Å². The van der Waals surface area contributed by atoms with Crippen molar-refractivity contribution >= 4 is 23.2 Å². The summed E-state index contributed by atoms with van der Waals surface area (Å²) in [5.41, 5.74) is 4.19. The van der Waals surface area contributed by atoms with E-state index in [4.69, 9.17) is 0 Å². The van der Waals surface area contributed by atoms with Crippen LogP contribution in [-0.2, 0) is 11.2 Å². The minimum atomic E-state index is -0.574. The maximum atomic E-state index is 13.2. The molecule has 3 aromatic rings. The molecule has 0 radical (unpaired) electrons. The normalized spacial score (nSPS) is 15.3. The lowest BCUT2D eigenvalue weighted by Gasteiger charge is -2.25. The Balaban J connectivity index is 1.66. The van der Waals surface area contributed by atoms with Gasteiger partial charge in [-0.2, -0.15) is 0 Å². The van der Waals surface area contributed by atoms with Crippen LogP contribution >= 0.6 is 0 Å². The van der Waals surface area contributed by atoms with E-state index in [2.05, 4.69) is 5.32 Å². The van der Waals surface area contributed by atoms with Crippen LogP contribution in [-0.4, -0.2) is 17.9 Å². The fourth-order valence-electron chi connectivity index (χ4n) is 3.52. The molecule has 1 aliphatic heterocycles. The van der Waals surface area contributed by atoms with Crippen molar-refractivity contribution in [3.63, 3.8) is 0 Å². The van der Waals surface area contributed by atoms with Crippen molar-refractivity contribution in [2.45, 2.75) is 19.4 Å². The van der Waals surface area contributed by atoms with E-state index in [-0.39, 0.29) is 11.8 Å². The van der Waals surface area contributed by atoms with E-state index in [0.29, 0.717) is 12.0 Å². The second-order valence-corrected chi connectivity index (χ2v) is 6.75. The van der Waals surface area contributed by atoms with Gasteiger partial charge in [0.05, 0.1) is 0 Å². The smallest absolute Gasteiger partial charge is 0.259 e. The number of hydrogen-bond acceptors (Lipinski definition) is 2. The number of aryl methyl sites for hydroxylation is 1. The fraction of sp³-hybridized carbons (Fsp3) is 0.130. The first-order chi connectivity index (χ1) is 13.1. The largest absolute Gasteiger partial charge is 0.324 e. The highest BCUT2D eigenvalue weighted by Crippen LogP contribution is 2.34. The molecule has 1 N–H and O–H groups in total. The van der Waals surface area contributed by atoms with Gasteiger partial charge in [0.25, 0.3) is 5.91 Å². The molecule has 27 heavy (non-hydrogen) atoms. The zero-order chi connectivity index (χ0) is 18.8. The Bertz CT molecular complexity index is 998. The van der Waals surface area contributed by atoms with Crippen LogP contribution in [0.15, 0.2) is 78.9 Å². The molecule has 4 rings (SSSR count). The topological polar surface area (TPSA) is 49.4 Å². The lowest BCUT2D eigenvalue weighted by atomic mass is 10.1. The van der Waals surface area contributed by atoms with Gasteiger partial charge >= 0.3 is 0 Å². The fourth-order valence-corrected chi connectivity index (χ4v) is 3.52. The van der Waals surface area contributed by atoms with Gasteiger partial charge in [-0.05, 0) is 48.4 Å². The molecule has 0 saturated heterocycles. The Morgan fingerprint density at radius 1 is 0.926 bits per heavy atom. The Kier molecular flexibility index (Phi) is 4.47. The Morgan fingerprint density at radius 3 is 2.44 bits per heavy atom. The van der Waals surface area contributed by atoms with Gasteiger partial charge in [-0.1, -0.05) is 48.5 Å². The molecule has 1 atom stereocenters. The van der Waals surface area contributed by atoms with Crippen molar-refractivity contribution in [2.75, 3.05) is 10.2 Å². The van der Waals surface area contributed by atoms with Crippen LogP contribution in [0.5, 0.6) is 0 Å². The van der Waals surface area contributed by atoms with Crippen molar-refractivity contribution in [1.29, 1.82) is 0 Å². The molecule has 0 aliphatic carbocycles. The molecule has 1 heterocycles. The summed E-state index contributed by atoms with van der Waals surface area (Å²) in [6.45, 7) is 1.98. The van der Waals surface area contributed by atoms with Gasteiger partial charge in [-0.25, -0.2) is 0 Å². The van der Waals surface area contributed by atoms with Crippen molar-refractivity contribution in [2.24, 2.45) is 0 Å². The highest BCUT2D eigenvalue weighted by Gasteiger charge is 2.38. The number of amides is 2. The molecular weight excluding hydrogens is 336 g/mol. The van der Waals surface area contributed by atoms with E-state index in [1.807, 2.05) is 73.7 Å². The highest BCUT2D eigenvalue weighted by atomic mass is 16.2. The molecule has 2 amide bonds. The van der Waals surface area contributed by atoms with Crippen LogP contribution in [0.1, 0.15) is 21.5 Å². The maximum Gasteiger partial charge on any atom is 0.259 e. The van der Waals surface area contributed by atoms with Gasteiger partial charge in [0.2, 0.25) is 5.91 Å². The quantitative estimate of drug-likeness (QED) is 0.764. The number of nitrogens with one attached hydrogen (secondary N) is 1. The van der Waals surface area contributed by atoms with Crippen LogP contribution in [0.25, 0.3) is 0 Å². The van der Waals surface area contributed by atoms with Gasteiger partial charge in [0.15, 0.2) is 0 Å². The minimum absolute atomic E-state index is 0.162. The molecule has 0 bridgehead atoms. The van der Waals surface area contributed by atoms with Crippen molar-refractivity contribution in [1.82, 2.24) is 0 Å². The van der Waals surface area contributed by atoms with Crippen LogP contribution in [0.3, 0.4) is 0 Å². The number of fused-ring (bicyclic) bond motifs is 1. The van der Waals surface area contributed by atoms with E-state index < -0.39 is 6.04 Å². The molecule has 0 aromatic heterocycles. The second kappa shape index (κ2) is 7.08. The van der Waals surface area contributed by atoms with Crippen LogP contribution in [0.2, 0.25) is 0 Å². The number of carbonyl (C=O) groups excluding carboxylic acids is 2. The SMILES string of the molecule is Cc1cccc(NC(=O)[C@@H]2Cc3ccccc3N2C(=O)c2ccccc2)c1. The first-order valence-corrected chi connectivity index (χ1v) is 8.97. The summed E-state index contributed by atoms with van der Waals surface area (Å²) in [5.74, 6) is -0.342. The highest BCUT2D eigenvalue weighted by molar-refractivity contribution is 6.13. The first-order valence-electron chi connectivity index (χ1n) is 8.97. The summed E-state index contributed by atoms with van der Waals surface area (Å²) in [7, 11) is 0. The number of hydrogen-bond donors (Lipinski definition) is 1. The van der Waals surface area contributed by atoms with Gasteiger partial charge in [-0.3, -0.25) is 14.5 Å².